The third kappa shape index (κ3) is 1.77. The van der Waals surface area contributed by atoms with E-state index in [1.165, 1.54) is 22.0 Å². The molecule has 0 radical (unpaired) electrons. The standard InChI is InChI=1S/C13H18N2/c1-10-6-5-7-12-11(8-14(2)3)9-15(4)13(10)12/h5-7,9H,8H2,1-4H3. The summed E-state index contributed by atoms with van der Waals surface area (Å²) in [6.45, 7) is 3.17. The molecule has 0 fully saturated rings. The number of para-hydroxylation sites is 1. The molecule has 1 aromatic carbocycles. The summed E-state index contributed by atoms with van der Waals surface area (Å²) in [7, 11) is 6.33. The van der Waals surface area contributed by atoms with Crippen LogP contribution in [0.5, 0.6) is 0 Å². The Morgan fingerprint density at radius 1 is 1.27 bits per heavy atom. The highest BCUT2D eigenvalue weighted by molar-refractivity contribution is 5.86. The van der Waals surface area contributed by atoms with Crippen LogP contribution in [0, 0.1) is 6.92 Å². The van der Waals surface area contributed by atoms with Crippen LogP contribution in [0.1, 0.15) is 11.1 Å². The fourth-order valence-corrected chi connectivity index (χ4v) is 2.22. The van der Waals surface area contributed by atoms with Gasteiger partial charge in [0.05, 0.1) is 5.52 Å². The lowest BCUT2D eigenvalue weighted by Crippen LogP contribution is -2.10. The van der Waals surface area contributed by atoms with Crippen molar-refractivity contribution in [1.82, 2.24) is 9.47 Å². The smallest absolute Gasteiger partial charge is 0.0510 e. The van der Waals surface area contributed by atoms with Crippen molar-refractivity contribution < 1.29 is 0 Å². The van der Waals surface area contributed by atoms with Crippen LogP contribution in [0.4, 0.5) is 0 Å². The number of rotatable bonds is 2. The van der Waals surface area contributed by atoms with Gasteiger partial charge in [-0.25, -0.2) is 0 Å². The molecule has 0 atom stereocenters. The van der Waals surface area contributed by atoms with Crippen LogP contribution < -0.4 is 0 Å². The third-order valence-corrected chi connectivity index (χ3v) is 2.77. The molecule has 1 aromatic heterocycles. The van der Waals surface area contributed by atoms with Crippen molar-refractivity contribution in [2.24, 2.45) is 7.05 Å². The number of aryl methyl sites for hydroxylation is 2. The van der Waals surface area contributed by atoms with E-state index >= 15 is 0 Å². The molecule has 0 bridgehead atoms. The Morgan fingerprint density at radius 2 is 2.00 bits per heavy atom. The molecule has 2 heteroatoms. The van der Waals surface area contributed by atoms with Crippen LogP contribution in [0.3, 0.4) is 0 Å². The minimum Gasteiger partial charge on any atom is -0.350 e. The van der Waals surface area contributed by atoms with Crippen molar-refractivity contribution in [3.8, 4) is 0 Å². The van der Waals surface area contributed by atoms with E-state index in [4.69, 9.17) is 0 Å². The second kappa shape index (κ2) is 3.70. The van der Waals surface area contributed by atoms with Gasteiger partial charge in [-0.1, -0.05) is 18.2 Å². The van der Waals surface area contributed by atoms with E-state index in [0.29, 0.717) is 0 Å². The zero-order chi connectivity index (χ0) is 11.0. The first-order valence-corrected chi connectivity index (χ1v) is 5.28. The van der Waals surface area contributed by atoms with Gasteiger partial charge in [0, 0.05) is 25.2 Å². The Kier molecular flexibility index (Phi) is 2.53. The average Bonchev–Trinajstić information content (AvgIpc) is 2.44. The Balaban J connectivity index is 2.63. The van der Waals surface area contributed by atoms with Gasteiger partial charge in [0.1, 0.15) is 0 Å². The number of hydrogen-bond acceptors (Lipinski definition) is 1. The van der Waals surface area contributed by atoms with E-state index < -0.39 is 0 Å². The van der Waals surface area contributed by atoms with Crippen LogP contribution >= 0.6 is 0 Å². The van der Waals surface area contributed by atoms with Crippen molar-refractivity contribution in [1.29, 1.82) is 0 Å². The Morgan fingerprint density at radius 3 is 2.67 bits per heavy atom. The second-order valence-electron chi connectivity index (χ2n) is 4.47. The van der Waals surface area contributed by atoms with Gasteiger partial charge in [0.25, 0.3) is 0 Å². The zero-order valence-electron chi connectivity index (χ0n) is 9.91. The van der Waals surface area contributed by atoms with Crippen LogP contribution in [-0.4, -0.2) is 23.6 Å². The van der Waals surface area contributed by atoms with Crippen LogP contribution in [0.25, 0.3) is 10.9 Å². The summed E-state index contributed by atoms with van der Waals surface area (Å²) in [4.78, 5) is 2.21. The van der Waals surface area contributed by atoms with Gasteiger partial charge >= 0.3 is 0 Å². The molecule has 0 saturated heterocycles. The fourth-order valence-electron chi connectivity index (χ4n) is 2.22. The maximum atomic E-state index is 2.23. The lowest BCUT2D eigenvalue weighted by atomic mass is 10.1. The van der Waals surface area contributed by atoms with E-state index in [2.05, 4.69) is 61.9 Å². The zero-order valence-corrected chi connectivity index (χ0v) is 9.91. The number of aromatic nitrogens is 1. The van der Waals surface area contributed by atoms with Crippen molar-refractivity contribution in [3.63, 3.8) is 0 Å². The van der Waals surface area contributed by atoms with Crippen LogP contribution in [-0.2, 0) is 13.6 Å². The Bertz CT molecular complexity index is 480. The summed E-state index contributed by atoms with van der Waals surface area (Å²) in [5.41, 5.74) is 4.11. The number of fused-ring (bicyclic) bond motifs is 1. The molecule has 0 amide bonds. The summed E-state index contributed by atoms with van der Waals surface area (Å²) >= 11 is 0. The van der Waals surface area contributed by atoms with E-state index in [0.717, 1.165) is 6.54 Å². The van der Waals surface area contributed by atoms with Crippen LogP contribution in [0.2, 0.25) is 0 Å². The number of nitrogens with zero attached hydrogens (tertiary/aromatic N) is 2. The van der Waals surface area contributed by atoms with Gasteiger partial charge in [-0.3, -0.25) is 0 Å². The molecule has 1 heterocycles. The molecule has 0 N–H and O–H groups in total. The van der Waals surface area contributed by atoms with Gasteiger partial charge in [0.15, 0.2) is 0 Å². The van der Waals surface area contributed by atoms with E-state index in [9.17, 15) is 0 Å². The van der Waals surface area contributed by atoms with Gasteiger partial charge in [0.2, 0.25) is 0 Å². The maximum Gasteiger partial charge on any atom is 0.0510 e. The monoisotopic (exact) mass is 202 g/mol. The Labute approximate surface area is 91.1 Å². The average molecular weight is 202 g/mol. The van der Waals surface area contributed by atoms with Gasteiger partial charge < -0.3 is 9.47 Å². The molecule has 0 saturated carbocycles. The predicted octanol–water partition coefficient (Wildman–Crippen LogP) is 2.55. The summed E-state index contributed by atoms with van der Waals surface area (Å²) in [5, 5.41) is 1.38. The minimum atomic E-state index is 1.00. The highest BCUT2D eigenvalue weighted by atomic mass is 15.1. The van der Waals surface area contributed by atoms with E-state index in [-0.39, 0.29) is 0 Å². The van der Waals surface area contributed by atoms with Crippen molar-refractivity contribution in [2.75, 3.05) is 14.1 Å². The quantitative estimate of drug-likeness (QED) is 0.726. The fraction of sp³-hybridized carbons (Fsp3) is 0.385. The number of hydrogen-bond donors (Lipinski definition) is 0. The topological polar surface area (TPSA) is 8.17 Å². The van der Waals surface area contributed by atoms with Crippen molar-refractivity contribution in [3.05, 3.63) is 35.5 Å². The first kappa shape index (κ1) is 10.2. The first-order valence-electron chi connectivity index (χ1n) is 5.28. The van der Waals surface area contributed by atoms with Gasteiger partial charge in [-0.15, -0.1) is 0 Å². The van der Waals surface area contributed by atoms with Crippen LogP contribution in [0.15, 0.2) is 24.4 Å². The van der Waals surface area contributed by atoms with E-state index in [1.54, 1.807) is 0 Å². The largest absolute Gasteiger partial charge is 0.350 e. The molecule has 2 aromatic rings. The number of benzene rings is 1. The lowest BCUT2D eigenvalue weighted by Gasteiger charge is -2.07. The highest BCUT2D eigenvalue weighted by Gasteiger charge is 2.08. The SMILES string of the molecule is Cc1cccc2c(CN(C)C)cn(C)c12. The molecule has 0 aliphatic carbocycles. The summed E-state index contributed by atoms with van der Waals surface area (Å²) in [6.07, 6.45) is 2.23. The normalized spacial score (nSPS) is 11.5. The minimum absolute atomic E-state index is 1.00. The molecule has 0 spiro atoms. The predicted molar refractivity (Wildman–Crippen MR) is 65.0 cm³/mol. The molecule has 80 valence electrons. The summed E-state index contributed by atoms with van der Waals surface area (Å²) in [6, 6.07) is 6.51. The molecule has 0 aliphatic heterocycles. The first-order chi connectivity index (χ1) is 7.09. The molecule has 15 heavy (non-hydrogen) atoms. The Hall–Kier alpha value is -1.28. The lowest BCUT2D eigenvalue weighted by molar-refractivity contribution is 0.404. The second-order valence-corrected chi connectivity index (χ2v) is 4.47. The molecular formula is C13H18N2. The highest BCUT2D eigenvalue weighted by Crippen LogP contribution is 2.24. The molecule has 0 unspecified atom stereocenters. The van der Waals surface area contributed by atoms with Gasteiger partial charge in [-0.05, 0) is 32.1 Å². The van der Waals surface area contributed by atoms with Gasteiger partial charge in [-0.2, -0.15) is 0 Å². The third-order valence-electron chi connectivity index (χ3n) is 2.77. The summed E-state index contributed by atoms with van der Waals surface area (Å²) < 4.78 is 2.23. The molecule has 0 aliphatic rings. The molecule has 2 rings (SSSR count). The maximum absolute atomic E-state index is 2.23. The molecular weight excluding hydrogens is 184 g/mol. The summed E-state index contributed by atoms with van der Waals surface area (Å²) in [5.74, 6) is 0. The molecule has 2 nitrogen and oxygen atoms in total. The van der Waals surface area contributed by atoms with E-state index in [1.807, 2.05) is 0 Å². The van der Waals surface area contributed by atoms with Crippen molar-refractivity contribution in [2.45, 2.75) is 13.5 Å². The van der Waals surface area contributed by atoms with Crippen molar-refractivity contribution >= 4 is 10.9 Å².